The van der Waals surface area contributed by atoms with Gasteiger partial charge in [-0.05, 0) is 48.9 Å². The molecule has 0 fully saturated rings. The van der Waals surface area contributed by atoms with E-state index in [4.69, 9.17) is 4.74 Å². The summed E-state index contributed by atoms with van der Waals surface area (Å²) in [6.45, 7) is 0.709. The molecule has 0 atom stereocenters. The molecule has 148 valence electrons. The Morgan fingerprint density at radius 1 is 0.967 bits per heavy atom. The van der Waals surface area contributed by atoms with Crippen LogP contribution in [0.4, 0.5) is 5.69 Å². The van der Waals surface area contributed by atoms with Crippen LogP contribution in [0.2, 0.25) is 0 Å². The van der Waals surface area contributed by atoms with Gasteiger partial charge in [0.05, 0.1) is 10.9 Å². The van der Waals surface area contributed by atoms with E-state index in [9.17, 15) is 9.59 Å². The van der Waals surface area contributed by atoms with E-state index in [0.717, 1.165) is 24.4 Å². The average Bonchev–Trinajstić information content (AvgIpc) is 3.23. The van der Waals surface area contributed by atoms with Crippen molar-refractivity contribution in [2.24, 2.45) is 0 Å². The summed E-state index contributed by atoms with van der Waals surface area (Å²) >= 11 is 0. The van der Waals surface area contributed by atoms with Gasteiger partial charge in [-0.1, -0.05) is 24.3 Å². The number of hydrogen-bond donors (Lipinski definition) is 1. The van der Waals surface area contributed by atoms with E-state index in [1.54, 1.807) is 34.9 Å². The van der Waals surface area contributed by atoms with Crippen molar-refractivity contribution in [3.05, 3.63) is 94.5 Å². The minimum atomic E-state index is -0.267. The monoisotopic (exact) mass is 397 g/mol. The van der Waals surface area contributed by atoms with E-state index < -0.39 is 0 Å². The van der Waals surface area contributed by atoms with E-state index >= 15 is 0 Å². The van der Waals surface area contributed by atoms with Crippen LogP contribution >= 0.6 is 0 Å². The predicted octanol–water partition coefficient (Wildman–Crippen LogP) is 4.39. The van der Waals surface area contributed by atoms with Gasteiger partial charge in [0.2, 0.25) is 0 Å². The molecule has 4 aromatic rings. The second kappa shape index (κ2) is 7.48. The van der Waals surface area contributed by atoms with E-state index in [1.807, 2.05) is 42.5 Å². The zero-order valence-corrected chi connectivity index (χ0v) is 16.2. The summed E-state index contributed by atoms with van der Waals surface area (Å²) in [6, 6.07) is 21.7. The molecule has 30 heavy (non-hydrogen) atoms. The molecule has 6 nitrogen and oxygen atoms in total. The number of rotatable bonds is 4. The van der Waals surface area contributed by atoms with Crippen LogP contribution in [0.15, 0.2) is 77.6 Å². The number of amides is 1. The van der Waals surface area contributed by atoms with Gasteiger partial charge in [0, 0.05) is 30.3 Å². The maximum atomic E-state index is 12.8. The number of nitrogens with one attached hydrogen (secondary N) is 1. The van der Waals surface area contributed by atoms with Gasteiger partial charge in [-0.15, -0.1) is 0 Å². The van der Waals surface area contributed by atoms with Gasteiger partial charge in [-0.2, -0.15) is 0 Å². The number of carbonyl (C=O) groups excluding carboxylic acids is 1. The Hall–Kier alpha value is -3.93. The number of carbonyl (C=O) groups is 1. The first-order chi connectivity index (χ1) is 14.7. The van der Waals surface area contributed by atoms with Crippen LogP contribution in [-0.2, 0) is 13.0 Å². The average molecular weight is 397 g/mol. The molecule has 0 saturated heterocycles. The van der Waals surface area contributed by atoms with Crippen molar-refractivity contribution in [3.8, 4) is 11.5 Å². The van der Waals surface area contributed by atoms with Crippen molar-refractivity contribution in [1.82, 2.24) is 9.55 Å². The molecule has 0 radical (unpaired) electrons. The highest BCUT2D eigenvalue weighted by Gasteiger charge is 2.17. The summed E-state index contributed by atoms with van der Waals surface area (Å²) in [5.74, 6) is 1.87. The molecule has 0 bridgehead atoms. The number of nitrogens with zero attached hydrogens (tertiary/aromatic N) is 2. The van der Waals surface area contributed by atoms with Crippen LogP contribution in [0.5, 0.6) is 11.5 Å². The fraction of sp³-hybridized carbons (Fsp3) is 0.125. The Kier molecular flexibility index (Phi) is 4.52. The fourth-order valence-electron chi connectivity index (χ4n) is 3.69. The number of benzene rings is 3. The first-order valence-corrected chi connectivity index (χ1v) is 9.85. The zero-order chi connectivity index (χ0) is 20.5. The third-order valence-corrected chi connectivity index (χ3v) is 5.15. The van der Waals surface area contributed by atoms with Gasteiger partial charge in [0.15, 0.2) is 0 Å². The molecule has 2 heterocycles. The summed E-state index contributed by atoms with van der Waals surface area (Å²) in [4.78, 5) is 30.0. The van der Waals surface area contributed by atoms with Gasteiger partial charge in [-0.3, -0.25) is 14.2 Å². The Balaban J connectivity index is 1.39. The van der Waals surface area contributed by atoms with Crippen LogP contribution in [-0.4, -0.2) is 15.5 Å². The number of para-hydroxylation sites is 1. The second-order valence-corrected chi connectivity index (χ2v) is 7.22. The SMILES string of the molecule is O=C(Nc1cccc(Oc2ccccc2)c1)c1ccc2c(=O)n3c(nc2c1)CCC3. The third kappa shape index (κ3) is 3.43. The van der Waals surface area contributed by atoms with Crippen LogP contribution in [0.1, 0.15) is 22.6 Å². The molecule has 0 unspecified atom stereocenters. The number of ether oxygens (including phenoxy) is 1. The minimum Gasteiger partial charge on any atom is -0.457 e. The highest BCUT2D eigenvalue weighted by Crippen LogP contribution is 2.24. The molecule has 1 N–H and O–H groups in total. The minimum absolute atomic E-state index is 0.0368. The molecule has 3 aromatic carbocycles. The van der Waals surface area contributed by atoms with Crippen molar-refractivity contribution in [2.75, 3.05) is 5.32 Å². The first-order valence-electron chi connectivity index (χ1n) is 9.85. The molecule has 5 rings (SSSR count). The predicted molar refractivity (Wildman–Crippen MR) is 115 cm³/mol. The highest BCUT2D eigenvalue weighted by molar-refractivity contribution is 6.06. The molecular weight excluding hydrogens is 378 g/mol. The van der Waals surface area contributed by atoms with Crippen LogP contribution < -0.4 is 15.6 Å². The van der Waals surface area contributed by atoms with Gasteiger partial charge in [-0.25, -0.2) is 4.98 Å². The standard InChI is InChI=1S/C24H19N3O3/c28-23(25-17-6-4-9-19(15-17)30-18-7-2-1-3-8-18)16-11-12-20-21(14-16)26-22-10-5-13-27(22)24(20)29/h1-4,6-9,11-12,14-15H,5,10,13H2,(H,25,28). The number of aryl methyl sites for hydroxylation is 1. The maximum absolute atomic E-state index is 12.8. The van der Waals surface area contributed by atoms with Crippen molar-refractivity contribution in [2.45, 2.75) is 19.4 Å². The molecule has 0 aliphatic carbocycles. The van der Waals surface area contributed by atoms with Crippen LogP contribution in [0.25, 0.3) is 10.9 Å². The molecular formula is C24H19N3O3. The summed E-state index contributed by atoms with van der Waals surface area (Å²) < 4.78 is 7.54. The van der Waals surface area contributed by atoms with Crippen molar-refractivity contribution < 1.29 is 9.53 Å². The second-order valence-electron chi connectivity index (χ2n) is 7.22. The lowest BCUT2D eigenvalue weighted by Gasteiger charge is -2.10. The van der Waals surface area contributed by atoms with Gasteiger partial charge in [0.1, 0.15) is 17.3 Å². The smallest absolute Gasteiger partial charge is 0.261 e. The molecule has 1 amide bonds. The summed E-state index contributed by atoms with van der Waals surface area (Å²) in [5.41, 5.74) is 1.59. The third-order valence-electron chi connectivity index (χ3n) is 5.15. The van der Waals surface area contributed by atoms with Crippen molar-refractivity contribution >= 4 is 22.5 Å². The number of hydrogen-bond acceptors (Lipinski definition) is 4. The lowest BCUT2D eigenvalue weighted by atomic mass is 10.1. The Labute approximate surface area is 172 Å². The van der Waals surface area contributed by atoms with Gasteiger partial charge >= 0.3 is 0 Å². The summed E-state index contributed by atoms with van der Waals surface area (Å²) in [6.07, 6.45) is 1.71. The summed E-state index contributed by atoms with van der Waals surface area (Å²) in [5, 5.41) is 3.42. The number of fused-ring (bicyclic) bond motifs is 2. The molecule has 1 aromatic heterocycles. The van der Waals surface area contributed by atoms with Gasteiger partial charge in [0.25, 0.3) is 11.5 Å². The molecule has 1 aliphatic heterocycles. The number of aromatic nitrogens is 2. The fourth-order valence-corrected chi connectivity index (χ4v) is 3.69. The maximum Gasteiger partial charge on any atom is 0.261 e. The molecule has 6 heteroatoms. The van der Waals surface area contributed by atoms with Crippen LogP contribution in [0.3, 0.4) is 0 Å². The zero-order valence-electron chi connectivity index (χ0n) is 16.2. The Morgan fingerprint density at radius 2 is 1.80 bits per heavy atom. The van der Waals surface area contributed by atoms with E-state index in [2.05, 4.69) is 10.3 Å². The van der Waals surface area contributed by atoms with Crippen LogP contribution in [0, 0.1) is 0 Å². The molecule has 0 saturated carbocycles. The Morgan fingerprint density at radius 3 is 2.67 bits per heavy atom. The lowest BCUT2D eigenvalue weighted by Crippen LogP contribution is -2.21. The van der Waals surface area contributed by atoms with E-state index in [0.29, 0.717) is 34.4 Å². The number of anilines is 1. The topological polar surface area (TPSA) is 73.2 Å². The van der Waals surface area contributed by atoms with Crippen molar-refractivity contribution in [1.29, 1.82) is 0 Å². The van der Waals surface area contributed by atoms with E-state index in [1.165, 1.54) is 0 Å². The highest BCUT2D eigenvalue weighted by atomic mass is 16.5. The molecule has 0 spiro atoms. The van der Waals surface area contributed by atoms with E-state index in [-0.39, 0.29) is 11.5 Å². The lowest BCUT2D eigenvalue weighted by molar-refractivity contribution is 0.102. The Bertz CT molecular complexity index is 1310. The largest absolute Gasteiger partial charge is 0.457 e. The summed E-state index contributed by atoms with van der Waals surface area (Å²) in [7, 11) is 0. The quantitative estimate of drug-likeness (QED) is 0.554. The van der Waals surface area contributed by atoms with Crippen molar-refractivity contribution in [3.63, 3.8) is 0 Å². The normalized spacial score (nSPS) is 12.5. The molecule has 1 aliphatic rings. The first kappa shape index (κ1) is 18.1. The van der Waals surface area contributed by atoms with Gasteiger partial charge < -0.3 is 10.1 Å².